The molecule has 5 rings (SSSR count). The van der Waals surface area contributed by atoms with Gasteiger partial charge in [-0.05, 0) is 85.9 Å². The molecule has 158 valence electrons. The molecular weight excluding hydrogens is 398 g/mol. The number of hydrogen-bond acceptors (Lipinski definition) is 4. The minimum Gasteiger partial charge on any atom is -0.468 e. The summed E-state index contributed by atoms with van der Waals surface area (Å²) in [6, 6.07) is 9.24. The van der Waals surface area contributed by atoms with Crippen LogP contribution in [0.15, 0.2) is 45.9 Å². The molecule has 2 aromatic heterocycles. The monoisotopic (exact) mass is 425 g/mol. The van der Waals surface area contributed by atoms with Crippen molar-refractivity contribution in [3.8, 4) is 0 Å². The lowest BCUT2D eigenvalue weighted by Crippen LogP contribution is -2.31. The van der Waals surface area contributed by atoms with Crippen molar-refractivity contribution in [2.24, 2.45) is 7.05 Å². The Kier molecular flexibility index (Phi) is 5.03. The van der Waals surface area contributed by atoms with Gasteiger partial charge in [0.2, 0.25) is 10.0 Å². The highest BCUT2D eigenvalue weighted by Gasteiger charge is 2.30. The molecule has 2 heterocycles. The van der Waals surface area contributed by atoms with E-state index < -0.39 is 10.0 Å². The fourth-order valence-electron chi connectivity index (χ4n) is 4.81. The molecule has 7 heteroatoms. The van der Waals surface area contributed by atoms with E-state index in [0.717, 1.165) is 44.2 Å². The number of sulfonamides is 1. The fraction of sp³-hybridized carbons (Fsp3) is 0.435. The third kappa shape index (κ3) is 3.50. The number of aromatic nitrogens is 2. The van der Waals surface area contributed by atoms with Crippen LogP contribution in [0.25, 0.3) is 0 Å². The molecule has 0 unspecified atom stereocenters. The molecule has 0 radical (unpaired) electrons. The first-order valence-corrected chi connectivity index (χ1v) is 12.1. The van der Waals surface area contributed by atoms with Crippen LogP contribution in [0, 0.1) is 0 Å². The first-order valence-electron chi connectivity index (χ1n) is 10.7. The van der Waals surface area contributed by atoms with Gasteiger partial charge in [-0.1, -0.05) is 6.07 Å². The Morgan fingerprint density at radius 1 is 1.03 bits per heavy atom. The number of benzene rings is 1. The minimum atomic E-state index is -3.69. The van der Waals surface area contributed by atoms with Gasteiger partial charge in [0.1, 0.15) is 5.76 Å². The van der Waals surface area contributed by atoms with Gasteiger partial charge in [-0.2, -0.15) is 9.40 Å². The molecule has 0 amide bonds. The average molecular weight is 426 g/mol. The lowest BCUT2D eigenvalue weighted by Gasteiger charge is -2.23. The molecule has 2 aliphatic carbocycles. The Balaban J connectivity index is 1.52. The molecular formula is C23H27N3O3S. The Labute approximate surface area is 177 Å². The summed E-state index contributed by atoms with van der Waals surface area (Å²) in [6.07, 6.45) is 8.93. The quantitative estimate of drug-likeness (QED) is 0.603. The summed E-state index contributed by atoms with van der Waals surface area (Å²) in [6.45, 7) is 0.445. The maximum absolute atomic E-state index is 13.7. The molecule has 6 nitrogen and oxygen atoms in total. The number of nitrogens with zero attached hydrogens (tertiary/aromatic N) is 3. The topological polar surface area (TPSA) is 68.3 Å². The van der Waals surface area contributed by atoms with Crippen molar-refractivity contribution < 1.29 is 12.8 Å². The van der Waals surface area contributed by atoms with Crippen molar-refractivity contribution in [2.45, 2.75) is 62.9 Å². The van der Waals surface area contributed by atoms with Crippen LogP contribution in [-0.2, 0) is 55.8 Å². The highest BCUT2D eigenvalue weighted by molar-refractivity contribution is 7.89. The Bertz CT molecular complexity index is 1160. The zero-order valence-electron chi connectivity index (χ0n) is 17.3. The number of fused-ring (bicyclic) bond motifs is 2. The van der Waals surface area contributed by atoms with E-state index in [9.17, 15) is 8.42 Å². The molecule has 0 aliphatic heterocycles. The highest BCUT2D eigenvalue weighted by Crippen LogP contribution is 2.30. The predicted molar refractivity (Wildman–Crippen MR) is 113 cm³/mol. The van der Waals surface area contributed by atoms with Crippen LogP contribution in [0.4, 0.5) is 0 Å². The maximum atomic E-state index is 13.7. The van der Waals surface area contributed by atoms with E-state index in [1.165, 1.54) is 33.1 Å². The van der Waals surface area contributed by atoms with Crippen molar-refractivity contribution in [3.63, 3.8) is 0 Å². The molecule has 0 fully saturated rings. The van der Waals surface area contributed by atoms with Crippen molar-refractivity contribution >= 4 is 10.0 Å². The average Bonchev–Trinajstić information content (AvgIpc) is 3.48. The van der Waals surface area contributed by atoms with Crippen molar-refractivity contribution in [2.75, 3.05) is 0 Å². The van der Waals surface area contributed by atoms with E-state index in [1.807, 2.05) is 29.9 Å². The molecule has 3 aromatic rings. The smallest absolute Gasteiger partial charge is 0.243 e. The zero-order valence-corrected chi connectivity index (χ0v) is 18.1. The molecule has 0 bridgehead atoms. The molecule has 30 heavy (non-hydrogen) atoms. The third-order valence-electron chi connectivity index (χ3n) is 6.39. The largest absolute Gasteiger partial charge is 0.468 e. The van der Waals surface area contributed by atoms with E-state index in [2.05, 4.69) is 5.10 Å². The SMILES string of the molecule is Cn1nc(CN(Cc2ccco2)S(=O)(=O)c2ccc3c(c2)CCCC3)c2c1CCC2. The van der Waals surface area contributed by atoms with Crippen LogP contribution in [0.3, 0.4) is 0 Å². The van der Waals surface area contributed by atoms with E-state index in [-0.39, 0.29) is 13.1 Å². The number of rotatable bonds is 6. The Hall–Kier alpha value is -2.38. The van der Waals surface area contributed by atoms with Crippen molar-refractivity contribution in [1.29, 1.82) is 0 Å². The highest BCUT2D eigenvalue weighted by atomic mass is 32.2. The normalized spacial score (nSPS) is 16.1. The Morgan fingerprint density at radius 2 is 1.87 bits per heavy atom. The lowest BCUT2D eigenvalue weighted by atomic mass is 9.92. The van der Waals surface area contributed by atoms with Crippen LogP contribution >= 0.6 is 0 Å². The second-order valence-corrected chi connectivity index (χ2v) is 10.3. The molecule has 2 aliphatic rings. The van der Waals surface area contributed by atoms with Gasteiger partial charge in [-0.3, -0.25) is 4.68 Å². The molecule has 0 saturated heterocycles. The number of furan rings is 1. The molecule has 0 atom stereocenters. The van der Waals surface area contributed by atoms with Crippen LogP contribution < -0.4 is 0 Å². The predicted octanol–water partition coefficient (Wildman–Crippen LogP) is 3.77. The van der Waals surface area contributed by atoms with Gasteiger partial charge in [-0.15, -0.1) is 0 Å². The second kappa shape index (κ2) is 7.71. The van der Waals surface area contributed by atoms with Gasteiger partial charge >= 0.3 is 0 Å². The molecule has 0 N–H and O–H groups in total. The molecule has 0 spiro atoms. The standard InChI is InChI=1S/C23H27N3O3S/c1-25-23-10-4-9-21(23)22(24-25)16-26(15-19-8-5-13-29-19)30(27,28)20-12-11-17-6-2-3-7-18(17)14-20/h5,8,11-14H,2-4,6-7,9-10,15-16H2,1H3. The van der Waals surface area contributed by atoms with E-state index in [1.54, 1.807) is 18.4 Å². The van der Waals surface area contributed by atoms with Crippen LogP contribution in [0.1, 0.15) is 53.1 Å². The van der Waals surface area contributed by atoms with Gasteiger partial charge in [0.15, 0.2) is 0 Å². The van der Waals surface area contributed by atoms with Gasteiger partial charge in [0.25, 0.3) is 0 Å². The van der Waals surface area contributed by atoms with E-state index >= 15 is 0 Å². The summed E-state index contributed by atoms with van der Waals surface area (Å²) in [5.74, 6) is 0.629. The Morgan fingerprint density at radius 3 is 2.67 bits per heavy atom. The maximum Gasteiger partial charge on any atom is 0.243 e. The summed E-state index contributed by atoms with van der Waals surface area (Å²) < 4.78 is 36.3. The summed E-state index contributed by atoms with van der Waals surface area (Å²) in [5.41, 5.74) is 5.74. The van der Waals surface area contributed by atoms with E-state index in [0.29, 0.717) is 10.7 Å². The van der Waals surface area contributed by atoms with Crippen molar-refractivity contribution in [1.82, 2.24) is 14.1 Å². The molecule has 0 saturated carbocycles. The summed E-state index contributed by atoms with van der Waals surface area (Å²) in [5, 5.41) is 4.66. The van der Waals surface area contributed by atoms with Gasteiger partial charge in [-0.25, -0.2) is 8.42 Å². The van der Waals surface area contributed by atoms with Gasteiger partial charge in [0.05, 0.1) is 29.9 Å². The summed E-state index contributed by atoms with van der Waals surface area (Å²) in [7, 11) is -1.75. The van der Waals surface area contributed by atoms with E-state index in [4.69, 9.17) is 4.42 Å². The minimum absolute atomic E-state index is 0.192. The number of aryl methyl sites for hydroxylation is 3. The second-order valence-electron chi connectivity index (χ2n) is 8.34. The summed E-state index contributed by atoms with van der Waals surface area (Å²) in [4.78, 5) is 0.363. The first kappa shape index (κ1) is 19.6. The zero-order chi connectivity index (χ0) is 20.7. The van der Waals surface area contributed by atoms with Crippen LogP contribution in [0.5, 0.6) is 0 Å². The first-order chi connectivity index (χ1) is 14.5. The van der Waals surface area contributed by atoms with Crippen molar-refractivity contribution in [3.05, 3.63) is 70.4 Å². The number of hydrogen-bond donors (Lipinski definition) is 0. The van der Waals surface area contributed by atoms with Gasteiger partial charge in [0, 0.05) is 12.7 Å². The lowest BCUT2D eigenvalue weighted by molar-refractivity contribution is 0.353. The summed E-state index contributed by atoms with van der Waals surface area (Å²) >= 11 is 0. The molecule has 1 aromatic carbocycles. The van der Waals surface area contributed by atoms with Crippen LogP contribution in [0.2, 0.25) is 0 Å². The third-order valence-corrected chi connectivity index (χ3v) is 8.18. The fourth-order valence-corrected chi connectivity index (χ4v) is 6.23. The van der Waals surface area contributed by atoms with Crippen LogP contribution in [-0.4, -0.2) is 22.5 Å². The van der Waals surface area contributed by atoms with Gasteiger partial charge < -0.3 is 4.42 Å².